The number of nitrogens with zero attached hydrogens (tertiary/aromatic N) is 3. The molecule has 32 heavy (non-hydrogen) atoms. The van der Waals surface area contributed by atoms with E-state index in [2.05, 4.69) is 9.88 Å². The monoisotopic (exact) mass is 435 g/mol. The maximum atomic E-state index is 13.5. The molecular weight excluding hydrogens is 410 g/mol. The van der Waals surface area contributed by atoms with Crippen LogP contribution in [-0.2, 0) is 4.74 Å². The number of aromatic nitrogens is 1. The molecule has 8 nitrogen and oxygen atoms in total. The summed E-state index contributed by atoms with van der Waals surface area (Å²) in [5.41, 5.74) is 1.15. The zero-order chi connectivity index (χ0) is 22.1. The van der Waals surface area contributed by atoms with Crippen LogP contribution in [0.15, 0.2) is 51.8 Å². The molecule has 2 aliphatic rings. The summed E-state index contributed by atoms with van der Waals surface area (Å²) in [7, 11) is 0. The standard InChI is InChI=1S/C24H25N3O5/c1-2-31-16-6-7-17-19(15-16)32-23-20(22(17)28)21(18-5-3-4-8-25-18)27(24(23)29)10-9-26-11-13-30-14-12-26/h3-8,15,21H,2,9-14H2,1H3. The van der Waals surface area contributed by atoms with E-state index in [1.807, 2.05) is 25.1 Å². The van der Waals surface area contributed by atoms with E-state index in [4.69, 9.17) is 13.9 Å². The van der Waals surface area contributed by atoms with Crippen molar-refractivity contribution in [2.24, 2.45) is 0 Å². The predicted molar refractivity (Wildman–Crippen MR) is 118 cm³/mol. The minimum Gasteiger partial charge on any atom is -0.494 e. The van der Waals surface area contributed by atoms with Crippen molar-refractivity contribution in [1.29, 1.82) is 0 Å². The van der Waals surface area contributed by atoms with E-state index in [1.54, 1.807) is 29.3 Å². The number of hydrogen-bond acceptors (Lipinski definition) is 7. The van der Waals surface area contributed by atoms with E-state index in [-0.39, 0.29) is 17.1 Å². The lowest BCUT2D eigenvalue weighted by atomic mass is 10.0. The molecule has 1 amide bonds. The number of pyridine rings is 1. The van der Waals surface area contributed by atoms with Crippen molar-refractivity contribution in [2.75, 3.05) is 46.0 Å². The van der Waals surface area contributed by atoms with Gasteiger partial charge in [-0.25, -0.2) is 0 Å². The van der Waals surface area contributed by atoms with E-state index in [9.17, 15) is 9.59 Å². The van der Waals surface area contributed by atoms with Gasteiger partial charge >= 0.3 is 0 Å². The van der Waals surface area contributed by atoms with E-state index < -0.39 is 6.04 Å². The van der Waals surface area contributed by atoms with Gasteiger partial charge in [-0.2, -0.15) is 0 Å². The van der Waals surface area contributed by atoms with Crippen LogP contribution in [0.1, 0.15) is 34.8 Å². The molecule has 0 bridgehead atoms. The summed E-state index contributed by atoms with van der Waals surface area (Å²) in [6.07, 6.45) is 1.68. The fourth-order valence-electron chi connectivity index (χ4n) is 4.40. The zero-order valence-corrected chi connectivity index (χ0v) is 18.0. The Morgan fingerprint density at radius 2 is 1.97 bits per heavy atom. The number of amides is 1. The third-order valence-corrected chi connectivity index (χ3v) is 5.98. The highest BCUT2D eigenvalue weighted by Gasteiger charge is 2.43. The second-order valence-electron chi connectivity index (χ2n) is 7.87. The van der Waals surface area contributed by atoms with Gasteiger partial charge in [-0.15, -0.1) is 0 Å². The van der Waals surface area contributed by atoms with Crippen molar-refractivity contribution < 1.29 is 18.7 Å². The van der Waals surface area contributed by atoms with Crippen molar-refractivity contribution in [3.63, 3.8) is 0 Å². The quantitative estimate of drug-likeness (QED) is 0.588. The van der Waals surface area contributed by atoms with Crippen molar-refractivity contribution >= 4 is 16.9 Å². The number of fused-ring (bicyclic) bond motifs is 2. The lowest BCUT2D eigenvalue weighted by Crippen LogP contribution is -2.42. The SMILES string of the molecule is CCOc1ccc2c(=O)c3c(oc2c1)C(=O)N(CCN1CCOCC1)C3c1ccccn1. The molecule has 1 fully saturated rings. The third-order valence-electron chi connectivity index (χ3n) is 5.98. The summed E-state index contributed by atoms with van der Waals surface area (Å²) in [5.74, 6) is 0.400. The van der Waals surface area contributed by atoms with Crippen molar-refractivity contribution in [1.82, 2.24) is 14.8 Å². The van der Waals surface area contributed by atoms with Crippen LogP contribution >= 0.6 is 0 Å². The Balaban J connectivity index is 1.58. The zero-order valence-electron chi connectivity index (χ0n) is 18.0. The fourth-order valence-corrected chi connectivity index (χ4v) is 4.40. The Bertz CT molecular complexity index is 1190. The third kappa shape index (κ3) is 3.65. The molecule has 1 unspecified atom stereocenters. The average Bonchev–Trinajstić information content (AvgIpc) is 3.11. The molecule has 0 radical (unpaired) electrons. The van der Waals surface area contributed by atoms with Crippen LogP contribution in [0.4, 0.5) is 0 Å². The van der Waals surface area contributed by atoms with Crippen LogP contribution < -0.4 is 10.2 Å². The van der Waals surface area contributed by atoms with Crippen LogP contribution in [0.5, 0.6) is 5.75 Å². The lowest BCUT2D eigenvalue weighted by molar-refractivity contribution is 0.0314. The average molecular weight is 435 g/mol. The summed E-state index contributed by atoms with van der Waals surface area (Å²) < 4.78 is 17.0. The highest BCUT2D eigenvalue weighted by Crippen LogP contribution is 2.37. The normalized spacial score (nSPS) is 18.8. The molecule has 4 heterocycles. The molecular formula is C24H25N3O5. The molecule has 2 aromatic heterocycles. The molecule has 2 aliphatic heterocycles. The lowest BCUT2D eigenvalue weighted by Gasteiger charge is -2.30. The summed E-state index contributed by atoms with van der Waals surface area (Å²) in [5, 5.41) is 0.427. The Kier molecular flexibility index (Phi) is 5.63. The number of carbonyl (C=O) groups excluding carboxylic acids is 1. The van der Waals surface area contributed by atoms with Crippen LogP contribution in [0.3, 0.4) is 0 Å². The number of rotatable bonds is 6. The highest BCUT2D eigenvalue weighted by molar-refractivity contribution is 5.99. The molecule has 0 spiro atoms. The number of morpholine rings is 1. The number of ether oxygens (including phenoxy) is 2. The number of benzene rings is 1. The fraction of sp³-hybridized carbons (Fsp3) is 0.375. The maximum absolute atomic E-state index is 13.5. The predicted octanol–water partition coefficient (Wildman–Crippen LogP) is 2.46. The first-order valence-electron chi connectivity index (χ1n) is 10.9. The largest absolute Gasteiger partial charge is 0.494 e. The second-order valence-corrected chi connectivity index (χ2v) is 7.87. The van der Waals surface area contributed by atoms with E-state index in [0.717, 1.165) is 13.1 Å². The van der Waals surface area contributed by atoms with Gasteiger partial charge in [-0.3, -0.25) is 19.5 Å². The van der Waals surface area contributed by atoms with Gasteiger partial charge in [-0.05, 0) is 31.2 Å². The Labute approximate surface area is 185 Å². The first-order valence-corrected chi connectivity index (χ1v) is 10.9. The van der Waals surface area contributed by atoms with Crippen LogP contribution in [-0.4, -0.2) is 66.7 Å². The smallest absolute Gasteiger partial charge is 0.291 e. The van der Waals surface area contributed by atoms with E-state index >= 15 is 0 Å². The molecule has 1 aromatic carbocycles. The van der Waals surface area contributed by atoms with Gasteiger partial charge < -0.3 is 18.8 Å². The van der Waals surface area contributed by atoms with Crippen molar-refractivity contribution in [3.8, 4) is 5.75 Å². The van der Waals surface area contributed by atoms with Gasteiger partial charge in [0.15, 0.2) is 5.43 Å². The molecule has 0 N–H and O–H groups in total. The van der Waals surface area contributed by atoms with Crippen LogP contribution in [0, 0.1) is 0 Å². The molecule has 5 rings (SSSR count). The van der Waals surface area contributed by atoms with Crippen LogP contribution in [0.25, 0.3) is 11.0 Å². The van der Waals surface area contributed by atoms with Gasteiger partial charge in [0.2, 0.25) is 5.76 Å². The molecule has 0 aliphatic carbocycles. The van der Waals surface area contributed by atoms with Crippen molar-refractivity contribution in [2.45, 2.75) is 13.0 Å². The van der Waals surface area contributed by atoms with Gasteiger partial charge in [0, 0.05) is 38.4 Å². The molecule has 0 saturated carbocycles. The molecule has 8 heteroatoms. The Hall–Kier alpha value is -3.23. The van der Waals surface area contributed by atoms with Gasteiger partial charge in [-0.1, -0.05) is 6.07 Å². The van der Waals surface area contributed by atoms with Gasteiger partial charge in [0.1, 0.15) is 17.4 Å². The summed E-state index contributed by atoms with van der Waals surface area (Å²) in [4.78, 5) is 35.4. The topological polar surface area (TPSA) is 85.1 Å². The molecule has 1 atom stereocenters. The first kappa shape index (κ1) is 20.7. The summed E-state index contributed by atoms with van der Waals surface area (Å²) >= 11 is 0. The van der Waals surface area contributed by atoms with E-state index in [0.29, 0.717) is 60.9 Å². The maximum Gasteiger partial charge on any atom is 0.291 e. The van der Waals surface area contributed by atoms with Crippen molar-refractivity contribution in [3.05, 3.63) is 69.8 Å². The minimum absolute atomic E-state index is 0.0915. The Morgan fingerprint density at radius 1 is 1.12 bits per heavy atom. The molecule has 3 aromatic rings. The Morgan fingerprint density at radius 3 is 2.72 bits per heavy atom. The molecule has 166 valence electrons. The second kappa shape index (κ2) is 8.72. The van der Waals surface area contributed by atoms with Gasteiger partial charge in [0.25, 0.3) is 5.91 Å². The molecule has 1 saturated heterocycles. The highest BCUT2D eigenvalue weighted by atomic mass is 16.5. The first-order chi connectivity index (χ1) is 15.7. The summed E-state index contributed by atoms with van der Waals surface area (Å²) in [6, 6.07) is 10.1. The van der Waals surface area contributed by atoms with Gasteiger partial charge in [0.05, 0.1) is 36.5 Å². The number of hydrogen-bond donors (Lipinski definition) is 0. The summed E-state index contributed by atoms with van der Waals surface area (Å²) in [6.45, 7) is 6.55. The van der Waals surface area contributed by atoms with Crippen LogP contribution in [0.2, 0.25) is 0 Å². The number of carbonyl (C=O) groups is 1. The van der Waals surface area contributed by atoms with E-state index in [1.165, 1.54) is 0 Å². The minimum atomic E-state index is -0.577.